The van der Waals surface area contributed by atoms with Gasteiger partial charge in [-0.25, -0.2) is 0 Å². The highest BCUT2D eigenvalue weighted by Gasteiger charge is 2.38. The van der Waals surface area contributed by atoms with Crippen LogP contribution in [0.25, 0.3) is 0 Å². The Morgan fingerprint density at radius 1 is 0.913 bits per heavy atom. The third-order valence-electron chi connectivity index (χ3n) is 5.57. The molecule has 1 heteroatoms. The van der Waals surface area contributed by atoms with Crippen molar-refractivity contribution in [1.82, 2.24) is 0 Å². The van der Waals surface area contributed by atoms with Gasteiger partial charge in [0.2, 0.25) is 0 Å². The lowest BCUT2D eigenvalue weighted by Gasteiger charge is -2.39. The second-order valence-corrected chi connectivity index (χ2v) is 7.38. The summed E-state index contributed by atoms with van der Waals surface area (Å²) in [7, 11) is 0. The summed E-state index contributed by atoms with van der Waals surface area (Å²) in [5.41, 5.74) is 9.83. The van der Waals surface area contributed by atoms with Crippen LogP contribution in [0.3, 0.4) is 0 Å². The molecule has 1 N–H and O–H groups in total. The van der Waals surface area contributed by atoms with Gasteiger partial charge in [0.25, 0.3) is 0 Å². The molecule has 0 aromatic heterocycles. The maximum absolute atomic E-state index is 3.87. The minimum absolute atomic E-state index is 0.408. The van der Waals surface area contributed by atoms with Gasteiger partial charge in [-0.2, -0.15) is 0 Å². The van der Waals surface area contributed by atoms with Crippen molar-refractivity contribution in [3.05, 3.63) is 75.9 Å². The van der Waals surface area contributed by atoms with Gasteiger partial charge in [-0.05, 0) is 68.4 Å². The molecule has 0 amide bonds. The number of rotatable bonds is 1. The summed E-state index contributed by atoms with van der Waals surface area (Å²) < 4.78 is 0. The molecule has 118 valence electrons. The zero-order valence-corrected chi connectivity index (χ0v) is 14.5. The van der Waals surface area contributed by atoms with E-state index in [1.807, 2.05) is 0 Å². The van der Waals surface area contributed by atoms with E-state index in [9.17, 15) is 0 Å². The lowest BCUT2D eigenvalue weighted by molar-refractivity contribution is 0.423. The maximum atomic E-state index is 3.87. The van der Waals surface area contributed by atoms with E-state index in [-0.39, 0.29) is 0 Å². The van der Waals surface area contributed by atoms with Gasteiger partial charge in [0, 0.05) is 11.6 Å². The molecule has 2 aromatic rings. The van der Waals surface area contributed by atoms with Crippen molar-refractivity contribution in [2.24, 2.45) is 5.92 Å². The van der Waals surface area contributed by atoms with E-state index < -0.39 is 0 Å². The van der Waals surface area contributed by atoms with Gasteiger partial charge < -0.3 is 5.32 Å². The average Bonchev–Trinajstić information content (AvgIpc) is 2.96. The van der Waals surface area contributed by atoms with E-state index in [4.69, 9.17) is 0 Å². The van der Waals surface area contributed by atoms with Crippen molar-refractivity contribution in [3.63, 3.8) is 0 Å². The van der Waals surface area contributed by atoms with E-state index in [1.54, 1.807) is 0 Å². The van der Waals surface area contributed by atoms with Crippen LogP contribution >= 0.6 is 0 Å². The molecule has 0 bridgehead atoms. The predicted octanol–water partition coefficient (Wildman–Crippen LogP) is 5.75. The summed E-state index contributed by atoms with van der Waals surface area (Å²) in [6.45, 7) is 8.91. The van der Waals surface area contributed by atoms with Crippen LogP contribution in [0, 0.1) is 33.6 Å². The molecule has 1 aliphatic carbocycles. The second-order valence-electron chi connectivity index (χ2n) is 7.38. The quantitative estimate of drug-likeness (QED) is 0.662. The van der Waals surface area contributed by atoms with Crippen LogP contribution in [0.2, 0.25) is 0 Å². The fourth-order valence-corrected chi connectivity index (χ4v) is 4.68. The van der Waals surface area contributed by atoms with E-state index >= 15 is 0 Å². The van der Waals surface area contributed by atoms with Crippen LogP contribution in [0.5, 0.6) is 0 Å². The Balaban J connectivity index is 1.84. The van der Waals surface area contributed by atoms with Crippen molar-refractivity contribution >= 4 is 5.69 Å². The maximum Gasteiger partial charge on any atom is 0.0559 e. The first-order chi connectivity index (χ1) is 11.0. The number of allylic oxidation sites excluding steroid dienone is 2. The van der Waals surface area contributed by atoms with Crippen LogP contribution < -0.4 is 5.32 Å². The van der Waals surface area contributed by atoms with E-state index in [2.05, 4.69) is 75.5 Å². The summed E-state index contributed by atoms with van der Waals surface area (Å²) in [4.78, 5) is 0. The Morgan fingerprint density at radius 3 is 2.39 bits per heavy atom. The number of nitrogens with one attached hydrogen (secondary N) is 1. The summed E-state index contributed by atoms with van der Waals surface area (Å²) in [6.07, 6.45) is 5.97. The topological polar surface area (TPSA) is 12.0 Å². The Morgan fingerprint density at radius 2 is 1.65 bits per heavy atom. The molecule has 1 heterocycles. The van der Waals surface area contributed by atoms with Gasteiger partial charge in [0.05, 0.1) is 6.04 Å². The van der Waals surface area contributed by atoms with Crippen molar-refractivity contribution in [2.75, 3.05) is 5.32 Å². The van der Waals surface area contributed by atoms with Gasteiger partial charge in [0.1, 0.15) is 0 Å². The van der Waals surface area contributed by atoms with Crippen molar-refractivity contribution < 1.29 is 0 Å². The fourth-order valence-electron chi connectivity index (χ4n) is 4.68. The zero-order valence-electron chi connectivity index (χ0n) is 14.5. The van der Waals surface area contributed by atoms with Gasteiger partial charge in [-0.15, -0.1) is 0 Å². The molecule has 4 rings (SSSR count). The van der Waals surface area contributed by atoms with Crippen LogP contribution in [-0.2, 0) is 0 Å². The van der Waals surface area contributed by atoms with Crippen molar-refractivity contribution in [3.8, 4) is 0 Å². The summed E-state index contributed by atoms with van der Waals surface area (Å²) in [5.74, 6) is 1.18. The molecular weight excluding hydrogens is 278 g/mol. The first kappa shape index (κ1) is 14.6. The van der Waals surface area contributed by atoms with Crippen LogP contribution in [0.1, 0.15) is 51.8 Å². The standard InChI is InChI=1S/C22H25N/c1-13-8-9-20-19(12-13)17-6-5-7-18(17)22(23-20)21-15(3)10-14(2)11-16(21)4/h5-6,8-12,17-18,22-23H,7H2,1-4H3. The fraction of sp³-hybridized carbons (Fsp3) is 0.364. The molecule has 3 unspecified atom stereocenters. The third kappa shape index (κ3) is 2.30. The number of fused-ring (bicyclic) bond motifs is 3. The van der Waals surface area contributed by atoms with E-state index in [1.165, 1.54) is 45.5 Å². The number of anilines is 1. The molecule has 0 saturated heterocycles. The summed E-state index contributed by atoms with van der Waals surface area (Å²) in [6, 6.07) is 11.9. The number of hydrogen-bond acceptors (Lipinski definition) is 1. The van der Waals surface area contributed by atoms with Crippen LogP contribution in [0.15, 0.2) is 42.5 Å². The molecule has 1 nitrogen and oxygen atoms in total. The van der Waals surface area contributed by atoms with Gasteiger partial charge >= 0.3 is 0 Å². The molecule has 23 heavy (non-hydrogen) atoms. The zero-order chi connectivity index (χ0) is 16.1. The third-order valence-corrected chi connectivity index (χ3v) is 5.57. The highest BCUT2D eigenvalue weighted by Crippen LogP contribution is 2.50. The lowest BCUT2D eigenvalue weighted by Crippen LogP contribution is -2.30. The lowest BCUT2D eigenvalue weighted by atomic mass is 9.75. The molecule has 2 aromatic carbocycles. The number of aryl methyl sites for hydroxylation is 4. The van der Waals surface area contributed by atoms with Gasteiger partial charge in [-0.1, -0.05) is 47.5 Å². The molecule has 0 saturated carbocycles. The Hall–Kier alpha value is -2.02. The smallest absolute Gasteiger partial charge is 0.0559 e. The largest absolute Gasteiger partial charge is 0.378 e. The molecule has 0 fully saturated rings. The first-order valence-electron chi connectivity index (χ1n) is 8.66. The monoisotopic (exact) mass is 303 g/mol. The SMILES string of the molecule is Cc1cc(C)c(C2Nc3ccc(C)cc3C3C=CCC32)c(C)c1. The minimum Gasteiger partial charge on any atom is -0.378 e. The van der Waals surface area contributed by atoms with E-state index in [0.29, 0.717) is 17.9 Å². The highest BCUT2D eigenvalue weighted by molar-refractivity contribution is 5.61. The summed E-state index contributed by atoms with van der Waals surface area (Å²) in [5, 5.41) is 3.87. The summed E-state index contributed by atoms with van der Waals surface area (Å²) >= 11 is 0. The predicted molar refractivity (Wildman–Crippen MR) is 98.2 cm³/mol. The first-order valence-corrected chi connectivity index (χ1v) is 8.66. The average molecular weight is 303 g/mol. The van der Waals surface area contributed by atoms with E-state index in [0.717, 1.165) is 0 Å². The molecule has 2 aliphatic rings. The molecule has 3 atom stereocenters. The molecular formula is C22H25N. The molecule has 0 spiro atoms. The minimum atomic E-state index is 0.408. The van der Waals surface area contributed by atoms with Gasteiger partial charge in [-0.3, -0.25) is 0 Å². The Kier molecular flexibility index (Phi) is 3.33. The molecule has 0 radical (unpaired) electrons. The highest BCUT2D eigenvalue weighted by atomic mass is 15.0. The molecule has 1 aliphatic heterocycles. The number of hydrogen-bond donors (Lipinski definition) is 1. The Labute approximate surface area is 139 Å². The van der Waals surface area contributed by atoms with Crippen molar-refractivity contribution in [2.45, 2.75) is 46.1 Å². The van der Waals surface area contributed by atoms with Crippen molar-refractivity contribution in [1.29, 1.82) is 0 Å². The van der Waals surface area contributed by atoms with Crippen LogP contribution in [-0.4, -0.2) is 0 Å². The van der Waals surface area contributed by atoms with Gasteiger partial charge in [0.15, 0.2) is 0 Å². The Bertz CT molecular complexity index is 777. The normalized spacial score (nSPS) is 25.0. The number of benzene rings is 2. The van der Waals surface area contributed by atoms with Crippen LogP contribution in [0.4, 0.5) is 5.69 Å². The second kappa shape index (κ2) is 5.26.